The smallest absolute Gasteiger partial charge is 0.335 e. The zero-order valence-corrected chi connectivity index (χ0v) is 12.0. The Morgan fingerprint density at radius 3 is 2.62 bits per heavy atom. The molecule has 3 N–H and O–H groups in total. The fourth-order valence-electron chi connectivity index (χ4n) is 3.31. The summed E-state index contributed by atoms with van der Waals surface area (Å²) in [4.78, 5) is 25.6. The number of carbonyl (C=O) groups is 2. The standard InChI is InChI=1S/C16H20N2O3/c17-10-16(5-1-6-16)15(21)18-7-4-11-2-3-12(14(19)20)8-13(11)9-18/h2-3,8H,1,4-7,9-10,17H2,(H,19,20). The summed E-state index contributed by atoms with van der Waals surface area (Å²) < 4.78 is 0. The van der Waals surface area contributed by atoms with E-state index in [9.17, 15) is 9.59 Å². The zero-order chi connectivity index (χ0) is 15.0. The fourth-order valence-corrected chi connectivity index (χ4v) is 3.31. The summed E-state index contributed by atoms with van der Waals surface area (Å²) in [6.45, 7) is 1.60. The molecule has 1 aromatic rings. The molecule has 0 saturated heterocycles. The Morgan fingerprint density at radius 2 is 2.05 bits per heavy atom. The van der Waals surface area contributed by atoms with Crippen molar-refractivity contribution in [2.24, 2.45) is 11.1 Å². The third kappa shape index (κ3) is 2.31. The molecule has 0 aromatic heterocycles. The normalized spacial score (nSPS) is 19.6. The molecule has 1 amide bonds. The highest BCUT2D eigenvalue weighted by Gasteiger charge is 2.45. The first kappa shape index (κ1) is 14.1. The molecule has 5 nitrogen and oxygen atoms in total. The van der Waals surface area contributed by atoms with Gasteiger partial charge >= 0.3 is 5.97 Å². The number of carboxylic acid groups (broad SMARTS) is 1. The molecular weight excluding hydrogens is 268 g/mol. The molecule has 3 rings (SSSR count). The summed E-state index contributed by atoms with van der Waals surface area (Å²) >= 11 is 0. The third-order valence-corrected chi connectivity index (χ3v) is 4.91. The molecule has 1 heterocycles. The van der Waals surface area contributed by atoms with E-state index < -0.39 is 5.97 Å². The van der Waals surface area contributed by atoms with Crippen molar-refractivity contribution < 1.29 is 14.7 Å². The second kappa shape index (κ2) is 5.15. The third-order valence-electron chi connectivity index (χ3n) is 4.91. The van der Waals surface area contributed by atoms with E-state index in [0.717, 1.165) is 36.8 Å². The molecule has 1 saturated carbocycles. The molecule has 1 aliphatic heterocycles. The van der Waals surface area contributed by atoms with Crippen molar-refractivity contribution in [3.8, 4) is 0 Å². The van der Waals surface area contributed by atoms with Crippen molar-refractivity contribution >= 4 is 11.9 Å². The van der Waals surface area contributed by atoms with Gasteiger partial charge in [-0.25, -0.2) is 4.79 Å². The highest BCUT2D eigenvalue weighted by molar-refractivity contribution is 5.88. The maximum absolute atomic E-state index is 12.7. The minimum absolute atomic E-state index is 0.141. The summed E-state index contributed by atoms with van der Waals surface area (Å²) in [5.74, 6) is -0.790. The van der Waals surface area contributed by atoms with Crippen LogP contribution in [0, 0.1) is 5.41 Å². The monoisotopic (exact) mass is 288 g/mol. The Morgan fingerprint density at radius 1 is 1.29 bits per heavy atom. The van der Waals surface area contributed by atoms with Crippen LogP contribution in [0.5, 0.6) is 0 Å². The molecule has 0 atom stereocenters. The van der Waals surface area contributed by atoms with Crippen molar-refractivity contribution in [2.45, 2.75) is 32.2 Å². The van der Waals surface area contributed by atoms with E-state index in [4.69, 9.17) is 10.8 Å². The van der Waals surface area contributed by atoms with Gasteiger partial charge in [0.15, 0.2) is 0 Å². The highest BCUT2D eigenvalue weighted by Crippen LogP contribution is 2.42. The number of carbonyl (C=O) groups excluding carboxylic acids is 1. The summed E-state index contributed by atoms with van der Waals surface area (Å²) in [5, 5.41) is 9.08. The minimum Gasteiger partial charge on any atom is -0.478 e. The number of fused-ring (bicyclic) bond motifs is 1. The van der Waals surface area contributed by atoms with Gasteiger partial charge in [-0.05, 0) is 42.5 Å². The molecule has 1 fully saturated rings. The molecular formula is C16H20N2O3. The lowest BCUT2D eigenvalue weighted by atomic mass is 9.67. The van der Waals surface area contributed by atoms with Gasteiger partial charge in [0.05, 0.1) is 11.0 Å². The molecule has 0 bridgehead atoms. The first-order valence-corrected chi connectivity index (χ1v) is 7.40. The number of nitrogens with zero attached hydrogens (tertiary/aromatic N) is 1. The van der Waals surface area contributed by atoms with Gasteiger partial charge in [0.2, 0.25) is 5.91 Å². The molecule has 1 aliphatic carbocycles. The number of nitrogens with two attached hydrogens (primary N) is 1. The van der Waals surface area contributed by atoms with Crippen molar-refractivity contribution in [1.82, 2.24) is 4.90 Å². The number of carboxylic acids is 1. The lowest BCUT2D eigenvalue weighted by Gasteiger charge is -2.44. The van der Waals surface area contributed by atoms with Crippen molar-refractivity contribution in [1.29, 1.82) is 0 Å². The average Bonchev–Trinajstić information content (AvgIpc) is 2.45. The van der Waals surface area contributed by atoms with Gasteiger partial charge < -0.3 is 15.7 Å². The van der Waals surface area contributed by atoms with Crippen LogP contribution < -0.4 is 5.73 Å². The number of hydrogen-bond donors (Lipinski definition) is 2. The predicted molar refractivity (Wildman–Crippen MR) is 77.9 cm³/mol. The van der Waals surface area contributed by atoms with Gasteiger partial charge in [-0.2, -0.15) is 0 Å². The lowest BCUT2D eigenvalue weighted by molar-refractivity contribution is -0.147. The van der Waals surface area contributed by atoms with Crippen LogP contribution >= 0.6 is 0 Å². The van der Waals surface area contributed by atoms with Crippen LogP contribution in [0.15, 0.2) is 18.2 Å². The topological polar surface area (TPSA) is 83.6 Å². The number of hydrogen-bond acceptors (Lipinski definition) is 3. The quantitative estimate of drug-likeness (QED) is 0.880. The Balaban J connectivity index is 1.82. The predicted octanol–water partition coefficient (Wildman–Crippen LogP) is 1.40. The average molecular weight is 288 g/mol. The molecule has 2 aliphatic rings. The van der Waals surface area contributed by atoms with Crippen LogP contribution in [0.3, 0.4) is 0 Å². The van der Waals surface area contributed by atoms with Crippen LogP contribution in [-0.2, 0) is 17.8 Å². The second-order valence-electron chi connectivity index (χ2n) is 6.10. The van der Waals surface area contributed by atoms with E-state index in [1.54, 1.807) is 12.1 Å². The van der Waals surface area contributed by atoms with Crippen molar-refractivity contribution in [3.05, 3.63) is 34.9 Å². The van der Waals surface area contributed by atoms with E-state index in [-0.39, 0.29) is 16.9 Å². The molecule has 0 spiro atoms. The Hall–Kier alpha value is -1.88. The molecule has 112 valence electrons. The van der Waals surface area contributed by atoms with Gasteiger partial charge in [0.25, 0.3) is 0 Å². The van der Waals surface area contributed by atoms with Crippen LogP contribution in [0.25, 0.3) is 0 Å². The number of aromatic carboxylic acids is 1. The SMILES string of the molecule is NCC1(C(=O)N2CCc3ccc(C(=O)O)cc3C2)CCC1. The van der Waals surface area contributed by atoms with Gasteiger partial charge in [-0.3, -0.25) is 4.79 Å². The van der Waals surface area contributed by atoms with E-state index >= 15 is 0 Å². The number of amides is 1. The maximum Gasteiger partial charge on any atom is 0.335 e. The van der Waals surface area contributed by atoms with Crippen molar-refractivity contribution in [3.63, 3.8) is 0 Å². The van der Waals surface area contributed by atoms with Gasteiger partial charge in [0.1, 0.15) is 0 Å². The van der Waals surface area contributed by atoms with Gasteiger partial charge in [0, 0.05) is 19.6 Å². The lowest BCUT2D eigenvalue weighted by Crippen LogP contribution is -2.52. The maximum atomic E-state index is 12.7. The first-order valence-electron chi connectivity index (χ1n) is 7.40. The van der Waals surface area contributed by atoms with E-state index in [1.165, 1.54) is 0 Å². The minimum atomic E-state index is -0.932. The summed E-state index contributed by atoms with van der Waals surface area (Å²) in [6, 6.07) is 5.18. The summed E-state index contributed by atoms with van der Waals surface area (Å²) in [7, 11) is 0. The molecule has 0 radical (unpaired) electrons. The van der Waals surface area contributed by atoms with Crippen molar-refractivity contribution in [2.75, 3.05) is 13.1 Å². The van der Waals surface area contributed by atoms with Gasteiger partial charge in [-0.15, -0.1) is 0 Å². The summed E-state index contributed by atoms with van der Waals surface area (Å²) in [6.07, 6.45) is 3.60. The number of rotatable bonds is 3. The Labute approximate surface area is 123 Å². The molecule has 0 unspecified atom stereocenters. The van der Waals surface area contributed by atoms with Gasteiger partial charge in [-0.1, -0.05) is 12.5 Å². The fraction of sp³-hybridized carbons (Fsp3) is 0.500. The Bertz CT molecular complexity index is 588. The summed E-state index contributed by atoms with van der Waals surface area (Å²) in [5.41, 5.74) is 7.81. The number of benzene rings is 1. The largest absolute Gasteiger partial charge is 0.478 e. The van der Waals surface area contributed by atoms with E-state index in [1.807, 2.05) is 11.0 Å². The molecule has 1 aromatic carbocycles. The highest BCUT2D eigenvalue weighted by atomic mass is 16.4. The first-order chi connectivity index (χ1) is 10.1. The molecule has 21 heavy (non-hydrogen) atoms. The molecule has 5 heteroatoms. The second-order valence-corrected chi connectivity index (χ2v) is 6.10. The zero-order valence-electron chi connectivity index (χ0n) is 12.0. The Kier molecular flexibility index (Phi) is 3.45. The van der Waals surface area contributed by atoms with Crippen LogP contribution in [0.2, 0.25) is 0 Å². The van der Waals surface area contributed by atoms with Crippen LogP contribution in [0.1, 0.15) is 40.7 Å². The van der Waals surface area contributed by atoms with E-state index in [2.05, 4.69) is 0 Å². The van der Waals surface area contributed by atoms with Crippen LogP contribution in [-0.4, -0.2) is 35.0 Å². The van der Waals surface area contributed by atoms with Crippen LogP contribution in [0.4, 0.5) is 0 Å². The van der Waals surface area contributed by atoms with E-state index in [0.29, 0.717) is 19.6 Å².